The molecule has 0 aliphatic heterocycles. The van der Waals surface area contributed by atoms with Gasteiger partial charge in [-0.25, -0.2) is 0 Å². The molecule has 0 amide bonds. The standard InChI is InChI=1S/C14H21NO2/c1-17-10-14(12-4-5-12)15-9-8-11-2-6-13(16)7-3-11/h2-3,6-7,12,14-16H,4-5,8-10H2,1H3. The molecule has 1 unspecified atom stereocenters. The molecular weight excluding hydrogens is 214 g/mol. The Bertz CT molecular complexity index is 333. The van der Waals surface area contributed by atoms with E-state index in [4.69, 9.17) is 4.74 Å². The summed E-state index contributed by atoms with van der Waals surface area (Å²) in [5.41, 5.74) is 1.25. The van der Waals surface area contributed by atoms with Crippen LogP contribution in [0.15, 0.2) is 24.3 Å². The van der Waals surface area contributed by atoms with Gasteiger partial charge in [0, 0.05) is 13.2 Å². The van der Waals surface area contributed by atoms with Crippen molar-refractivity contribution in [2.75, 3.05) is 20.3 Å². The molecule has 0 heterocycles. The number of hydrogen-bond acceptors (Lipinski definition) is 3. The number of methoxy groups -OCH3 is 1. The Morgan fingerprint density at radius 1 is 1.35 bits per heavy atom. The van der Waals surface area contributed by atoms with E-state index < -0.39 is 0 Å². The zero-order valence-corrected chi connectivity index (χ0v) is 10.4. The summed E-state index contributed by atoms with van der Waals surface area (Å²) < 4.78 is 5.23. The van der Waals surface area contributed by atoms with Gasteiger partial charge in [-0.15, -0.1) is 0 Å². The van der Waals surface area contributed by atoms with E-state index in [0.29, 0.717) is 11.8 Å². The van der Waals surface area contributed by atoms with E-state index in [1.54, 1.807) is 19.2 Å². The fraction of sp³-hybridized carbons (Fsp3) is 0.571. The van der Waals surface area contributed by atoms with Crippen molar-refractivity contribution in [3.05, 3.63) is 29.8 Å². The lowest BCUT2D eigenvalue weighted by atomic mass is 10.1. The molecule has 2 rings (SSSR count). The summed E-state index contributed by atoms with van der Waals surface area (Å²) >= 11 is 0. The first-order chi connectivity index (χ1) is 8.29. The van der Waals surface area contributed by atoms with Crippen molar-refractivity contribution in [1.82, 2.24) is 5.32 Å². The van der Waals surface area contributed by atoms with Crippen LogP contribution in [-0.4, -0.2) is 31.4 Å². The maximum Gasteiger partial charge on any atom is 0.115 e. The van der Waals surface area contributed by atoms with Crippen LogP contribution in [0, 0.1) is 5.92 Å². The monoisotopic (exact) mass is 235 g/mol. The van der Waals surface area contributed by atoms with E-state index in [0.717, 1.165) is 25.5 Å². The molecular formula is C14H21NO2. The van der Waals surface area contributed by atoms with Crippen LogP contribution in [0.25, 0.3) is 0 Å². The zero-order valence-electron chi connectivity index (χ0n) is 10.4. The lowest BCUT2D eigenvalue weighted by molar-refractivity contribution is 0.158. The number of nitrogens with one attached hydrogen (secondary N) is 1. The number of phenolic OH excluding ortho intramolecular Hbond substituents is 1. The molecule has 0 bridgehead atoms. The molecule has 94 valence electrons. The number of ether oxygens (including phenoxy) is 1. The van der Waals surface area contributed by atoms with E-state index in [1.807, 2.05) is 12.1 Å². The second-order valence-electron chi connectivity index (χ2n) is 4.77. The maximum absolute atomic E-state index is 9.19. The van der Waals surface area contributed by atoms with Gasteiger partial charge >= 0.3 is 0 Å². The molecule has 1 saturated carbocycles. The van der Waals surface area contributed by atoms with Gasteiger partial charge < -0.3 is 15.2 Å². The van der Waals surface area contributed by atoms with E-state index in [9.17, 15) is 5.11 Å². The highest BCUT2D eigenvalue weighted by molar-refractivity contribution is 5.25. The van der Waals surface area contributed by atoms with Crippen molar-refractivity contribution >= 4 is 0 Å². The third-order valence-corrected chi connectivity index (χ3v) is 3.29. The second kappa shape index (κ2) is 6.03. The molecule has 3 heteroatoms. The lowest BCUT2D eigenvalue weighted by Crippen LogP contribution is -2.36. The van der Waals surface area contributed by atoms with Crippen LogP contribution in [0.4, 0.5) is 0 Å². The van der Waals surface area contributed by atoms with Crippen LogP contribution < -0.4 is 5.32 Å². The topological polar surface area (TPSA) is 41.5 Å². The average Bonchev–Trinajstić information content (AvgIpc) is 3.15. The van der Waals surface area contributed by atoms with E-state index in [-0.39, 0.29) is 0 Å². The first-order valence-corrected chi connectivity index (χ1v) is 6.30. The van der Waals surface area contributed by atoms with E-state index in [2.05, 4.69) is 5.32 Å². The van der Waals surface area contributed by atoms with Crippen molar-refractivity contribution in [2.24, 2.45) is 5.92 Å². The molecule has 0 radical (unpaired) electrons. The molecule has 2 N–H and O–H groups in total. The SMILES string of the molecule is COCC(NCCc1ccc(O)cc1)C1CC1. The van der Waals surface area contributed by atoms with Gasteiger partial charge in [-0.2, -0.15) is 0 Å². The van der Waals surface area contributed by atoms with Crippen molar-refractivity contribution in [1.29, 1.82) is 0 Å². The molecule has 0 saturated heterocycles. The molecule has 1 aromatic rings. The van der Waals surface area contributed by atoms with Gasteiger partial charge in [-0.3, -0.25) is 0 Å². The van der Waals surface area contributed by atoms with Crippen molar-refractivity contribution in [2.45, 2.75) is 25.3 Å². The van der Waals surface area contributed by atoms with Crippen LogP contribution >= 0.6 is 0 Å². The van der Waals surface area contributed by atoms with Gasteiger partial charge in [0.1, 0.15) is 5.75 Å². The summed E-state index contributed by atoms with van der Waals surface area (Å²) in [5, 5.41) is 12.7. The molecule has 0 aromatic heterocycles. The fourth-order valence-electron chi connectivity index (χ4n) is 2.10. The van der Waals surface area contributed by atoms with Crippen LogP contribution in [0.1, 0.15) is 18.4 Å². The normalized spacial score (nSPS) is 17.0. The Balaban J connectivity index is 1.72. The highest BCUT2D eigenvalue weighted by Crippen LogP contribution is 2.32. The molecule has 3 nitrogen and oxygen atoms in total. The maximum atomic E-state index is 9.19. The van der Waals surface area contributed by atoms with Gasteiger partial charge in [0.15, 0.2) is 0 Å². The van der Waals surface area contributed by atoms with Crippen molar-refractivity contribution in [3.63, 3.8) is 0 Å². The molecule has 1 fully saturated rings. The minimum absolute atomic E-state index is 0.331. The van der Waals surface area contributed by atoms with Crippen molar-refractivity contribution in [3.8, 4) is 5.75 Å². The first-order valence-electron chi connectivity index (χ1n) is 6.30. The Labute approximate surface area is 103 Å². The van der Waals surface area contributed by atoms with Gasteiger partial charge in [0.05, 0.1) is 6.61 Å². The number of phenols is 1. The Morgan fingerprint density at radius 2 is 2.06 bits per heavy atom. The minimum atomic E-state index is 0.331. The second-order valence-corrected chi connectivity index (χ2v) is 4.77. The van der Waals surface area contributed by atoms with Crippen LogP contribution in [-0.2, 0) is 11.2 Å². The smallest absolute Gasteiger partial charge is 0.115 e. The predicted molar refractivity (Wildman–Crippen MR) is 68.2 cm³/mol. The van der Waals surface area contributed by atoms with E-state index in [1.165, 1.54) is 18.4 Å². The van der Waals surface area contributed by atoms with E-state index >= 15 is 0 Å². The lowest BCUT2D eigenvalue weighted by Gasteiger charge is -2.17. The highest BCUT2D eigenvalue weighted by atomic mass is 16.5. The highest BCUT2D eigenvalue weighted by Gasteiger charge is 2.30. The Hall–Kier alpha value is -1.06. The predicted octanol–water partition coefficient (Wildman–Crippen LogP) is 1.95. The largest absolute Gasteiger partial charge is 0.508 e. The van der Waals surface area contributed by atoms with Gasteiger partial charge in [0.25, 0.3) is 0 Å². The van der Waals surface area contributed by atoms with Crippen LogP contribution in [0.2, 0.25) is 0 Å². The van der Waals surface area contributed by atoms with Gasteiger partial charge in [-0.05, 0) is 49.4 Å². The Morgan fingerprint density at radius 3 is 2.65 bits per heavy atom. The molecule has 1 aliphatic carbocycles. The van der Waals surface area contributed by atoms with Gasteiger partial charge in [-0.1, -0.05) is 12.1 Å². The number of rotatable bonds is 7. The fourth-order valence-corrected chi connectivity index (χ4v) is 2.10. The molecule has 17 heavy (non-hydrogen) atoms. The average molecular weight is 235 g/mol. The summed E-state index contributed by atoms with van der Waals surface area (Å²) in [6.45, 7) is 1.77. The minimum Gasteiger partial charge on any atom is -0.508 e. The summed E-state index contributed by atoms with van der Waals surface area (Å²) in [5.74, 6) is 1.15. The third kappa shape index (κ3) is 4.02. The molecule has 1 atom stereocenters. The zero-order chi connectivity index (χ0) is 12.1. The Kier molecular flexibility index (Phi) is 4.40. The number of hydrogen-bond donors (Lipinski definition) is 2. The van der Waals surface area contributed by atoms with Gasteiger partial charge in [0.2, 0.25) is 0 Å². The summed E-state index contributed by atoms with van der Waals surface area (Å²) in [6, 6.07) is 7.93. The number of aromatic hydroxyl groups is 1. The molecule has 1 aromatic carbocycles. The van der Waals surface area contributed by atoms with Crippen LogP contribution in [0.3, 0.4) is 0 Å². The first kappa shape index (κ1) is 12.4. The summed E-state index contributed by atoms with van der Waals surface area (Å²) in [4.78, 5) is 0. The van der Waals surface area contributed by atoms with Crippen LogP contribution in [0.5, 0.6) is 5.75 Å². The third-order valence-electron chi connectivity index (χ3n) is 3.29. The molecule has 0 spiro atoms. The summed E-state index contributed by atoms with van der Waals surface area (Å²) in [6.07, 6.45) is 3.66. The van der Waals surface area contributed by atoms with Crippen molar-refractivity contribution < 1.29 is 9.84 Å². The quantitative estimate of drug-likeness (QED) is 0.759. The molecule has 1 aliphatic rings. The summed E-state index contributed by atoms with van der Waals surface area (Å²) in [7, 11) is 1.76. The number of benzene rings is 1.